The lowest BCUT2D eigenvalue weighted by Gasteiger charge is -2.37. The Morgan fingerprint density at radius 1 is 1.29 bits per heavy atom. The van der Waals surface area contributed by atoms with Crippen molar-refractivity contribution >= 4 is 13.1 Å². The van der Waals surface area contributed by atoms with Gasteiger partial charge in [-0.05, 0) is 24.7 Å². The van der Waals surface area contributed by atoms with Gasteiger partial charge in [0.2, 0.25) is 7.44 Å². The van der Waals surface area contributed by atoms with Crippen molar-refractivity contribution in [2.45, 2.75) is 6.16 Å². The van der Waals surface area contributed by atoms with Crippen LogP contribution in [0.5, 0.6) is 0 Å². The molecule has 1 aromatic carbocycles. The third kappa shape index (κ3) is 2.38. The largest absolute Gasteiger partial charge is 0.399 e. The van der Waals surface area contributed by atoms with Crippen molar-refractivity contribution < 1.29 is 4.57 Å². The number of hydrogen-bond donors (Lipinski definition) is 1. The van der Waals surface area contributed by atoms with Crippen LogP contribution in [0.2, 0.25) is 0 Å². The maximum atomic E-state index is 12.9. The number of hydrogen-bond acceptors (Lipinski definition) is 2. The Hall–Kier alpha value is -1.25. The van der Waals surface area contributed by atoms with Gasteiger partial charge in [0, 0.05) is 25.5 Å². The SMILES string of the molecule is CN1C=CCN(C)P1(=O)Cc1ccc(N)cc1. The topological polar surface area (TPSA) is 49.6 Å². The first-order valence-corrected chi connectivity index (χ1v) is 7.37. The summed E-state index contributed by atoms with van der Waals surface area (Å²) in [5.74, 6) is 0. The molecule has 1 heterocycles. The van der Waals surface area contributed by atoms with Gasteiger partial charge >= 0.3 is 0 Å². The minimum Gasteiger partial charge on any atom is -0.399 e. The van der Waals surface area contributed by atoms with E-state index in [9.17, 15) is 4.57 Å². The summed E-state index contributed by atoms with van der Waals surface area (Å²) in [7, 11) is 1.27. The van der Waals surface area contributed by atoms with Gasteiger partial charge in [0.25, 0.3) is 0 Å². The Labute approximate surface area is 102 Å². The van der Waals surface area contributed by atoms with Crippen molar-refractivity contribution in [2.75, 3.05) is 26.4 Å². The van der Waals surface area contributed by atoms with Crippen LogP contribution in [0.1, 0.15) is 5.56 Å². The van der Waals surface area contributed by atoms with Crippen molar-refractivity contribution in [3.05, 3.63) is 42.1 Å². The molecule has 0 bridgehead atoms. The van der Waals surface area contributed by atoms with E-state index in [2.05, 4.69) is 0 Å². The maximum absolute atomic E-state index is 12.9. The molecule has 0 spiro atoms. The molecular weight excluding hydrogens is 233 g/mol. The van der Waals surface area contributed by atoms with Crippen LogP contribution in [-0.4, -0.2) is 30.0 Å². The number of benzene rings is 1. The van der Waals surface area contributed by atoms with Crippen LogP contribution in [0, 0.1) is 0 Å². The average molecular weight is 251 g/mol. The number of nitrogen functional groups attached to an aromatic ring is 1. The van der Waals surface area contributed by atoms with Crippen LogP contribution < -0.4 is 5.73 Å². The van der Waals surface area contributed by atoms with E-state index in [4.69, 9.17) is 5.73 Å². The van der Waals surface area contributed by atoms with E-state index in [1.165, 1.54) is 0 Å². The number of anilines is 1. The second-order valence-corrected chi connectivity index (χ2v) is 7.32. The standard InChI is InChI=1S/C12H18N3OP/c1-14-8-3-9-15(2)17(14,16)10-11-4-6-12(13)7-5-11/h3-8H,9-10,13H2,1-2H3. The summed E-state index contributed by atoms with van der Waals surface area (Å²) in [6, 6.07) is 7.58. The smallest absolute Gasteiger partial charge is 0.243 e. The molecule has 0 fully saturated rings. The minimum absolute atomic E-state index is 0.546. The van der Waals surface area contributed by atoms with Crippen LogP contribution in [0.15, 0.2) is 36.5 Å². The van der Waals surface area contributed by atoms with Gasteiger partial charge in [0.1, 0.15) is 0 Å². The highest BCUT2D eigenvalue weighted by Gasteiger charge is 2.32. The maximum Gasteiger partial charge on any atom is 0.243 e. The Morgan fingerprint density at radius 3 is 2.53 bits per heavy atom. The van der Waals surface area contributed by atoms with E-state index in [0.29, 0.717) is 6.16 Å². The number of nitrogens with two attached hydrogens (primary N) is 1. The van der Waals surface area contributed by atoms with E-state index in [1.54, 1.807) is 0 Å². The van der Waals surface area contributed by atoms with E-state index < -0.39 is 7.44 Å². The zero-order valence-corrected chi connectivity index (χ0v) is 11.1. The molecule has 2 N–H and O–H groups in total. The molecular formula is C12H18N3OP. The Kier molecular flexibility index (Phi) is 3.27. The van der Waals surface area contributed by atoms with E-state index in [1.807, 2.05) is 60.0 Å². The van der Waals surface area contributed by atoms with E-state index >= 15 is 0 Å². The Morgan fingerprint density at radius 2 is 1.94 bits per heavy atom. The van der Waals surface area contributed by atoms with Crippen molar-refractivity contribution in [1.82, 2.24) is 9.34 Å². The van der Waals surface area contributed by atoms with Crippen molar-refractivity contribution in [1.29, 1.82) is 0 Å². The van der Waals surface area contributed by atoms with Gasteiger partial charge in [-0.3, -0.25) is 4.57 Å². The van der Waals surface area contributed by atoms with E-state index in [0.717, 1.165) is 17.8 Å². The summed E-state index contributed by atoms with van der Waals surface area (Å²) in [6.45, 7) is 0.733. The van der Waals surface area contributed by atoms with Gasteiger partial charge in [-0.2, -0.15) is 0 Å². The molecule has 0 saturated carbocycles. The van der Waals surface area contributed by atoms with Crippen LogP contribution in [0.4, 0.5) is 5.69 Å². The first-order valence-electron chi connectivity index (χ1n) is 5.57. The van der Waals surface area contributed by atoms with Gasteiger partial charge in [0.15, 0.2) is 0 Å². The highest BCUT2D eigenvalue weighted by molar-refractivity contribution is 7.58. The molecule has 4 nitrogen and oxygen atoms in total. The van der Waals surface area contributed by atoms with Gasteiger partial charge in [-0.25, -0.2) is 4.67 Å². The molecule has 1 aliphatic rings. The lowest BCUT2D eigenvalue weighted by Crippen LogP contribution is -2.28. The summed E-state index contributed by atoms with van der Waals surface area (Å²) in [5, 5.41) is 0. The molecule has 0 saturated heterocycles. The molecule has 0 radical (unpaired) electrons. The normalized spacial score (nSPS) is 25.2. The summed E-state index contributed by atoms with van der Waals surface area (Å²) in [6.07, 6.45) is 4.46. The Bertz CT molecular complexity index is 469. The summed E-state index contributed by atoms with van der Waals surface area (Å²) < 4.78 is 16.7. The molecule has 92 valence electrons. The predicted molar refractivity (Wildman–Crippen MR) is 71.7 cm³/mol. The molecule has 1 aliphatic heterocycles. The van der Waals surface area contributed by atoms with Crippen LogP contribution in [0.25, 0.3) is 0 Å². The van der Waals surface area contributed by atoms with E-state index in [-0.39, 0.29) is 0 Å². The molecule has 5 heteroatoms. The lowest BCUT2D eigenvalue weighted by molar-refractivity contribution is 0.429. The third-order valence-electron chi connectivity index (χ3n) is 3.09. The first kappa shape index (κ1) is 12.2. The molecule has 17 heavy (non-hydrogen) atoms. The van der Waals surface area contributed by atoms with Crippen molar-refractivity contribution in [2.24, 2.45) is 0 Å². The molecule has 1 unspecified atom stereocenters. The van der Waals surface area contributed by atoms with Crippen molar-refractivity contribution in [3.63, 3.8) is 0 Å². The van der Waals surface area contributed by atoms with Crippen LogP contribution in [-0.2, 0) is 10.7 Å². The van der Waals surface area contributed by atoms with Crippen LogP contribution in [0.3, 0.4) is 0 Å². The van der Waals surface area contributed by atoms with Gasteiger partial charge in [0.05, 0.1) is 6.16 Å². The monoisotopic (exact) mass is 251 g/mol. The average Bonchev–Trinajstić information content (AvgIpc) is 2.30. The highest BCUT2D eigenvalue weighted by Crippen LogP contribution is 2.55. The summed E-state index contributed by atoms with van der Waals surface area (Å²) >= 11 is 0. The fraction of sp³-hybridized carbons (Fsp3) is 0.333. The molecule has 0 aromatic heterocycles. The highest BCUT2D eigenvalue weighted by atomic mass is 31.2. The molecule has 2 rings (SSSR count). The number of likely N-dealkylation sites (N-methyl/N-ethyl adjacent to an activating group) is 1. The molecule has 1 atom stereocenters. The number of rotatable bonds is 2. The van der Waals surface area contributed by atoms with Gasteiger partial charge < -0.3 is 10.4 Å². The fourth-order valence-corrected chi connectivity index (χ4v) is 4.20. The summed E-state index contributed by atoms with van der Waals surface area (Å²) in [5.41, 5.74) is 7.43. The lowest BCUT2D eigenvalue weighted by atomic mass is 10.2. The molecule has 1 aromatic rings. The predicted octanol–water partition coefficient (Wildman–Crippen LogP) is 2.35. The molecule has 0 amide bonds. The Balaban J connectivity index is 2.24. The quantitative estimate of drug-likeness (QED) is 0.647. The van der Waals surface area contributed by atoms with Crippen LogP contribution >= 0.6 is 7.44 Å². The summed E-state index contributed by atoms with van der Waals surface area (Å²) in [4.78, 5) is 0. The second-order valence-electron chi connectivity index (χ2n) is 4.36. The van der Waals surface area contributed by atoms with Crippen molar-refractivity contribution in [3.8, 4) is 0 Å². The molecule has 0 aliphatic carbocycles. The third-order valence-corrected chi connectivity index (χ3v) is 6.21. The second kappa shape index (κ2) is 4.55. The minimum atomic E-state index is -2.49. The van der Waals surface area contributed by atoms with Gasteiger partial charge in [-0.15, -0.1) is 0 Å². The number of nitrogens with zero attached hydrogens (tertiary/aromatic N) is 2. The van der Waals surface area contributed by atoms with Gasteiger partial charge in [-0.1, -0.05) is 18.2 Å². The fourth-order valence-electron chi connectivity index (χ4n) is 1.92. The zero-order valence-electron chi connectivity index (χ0n) is 10.2. The zero-order chi connectivity index (χ0) is 12.5. The first-order chi connectivity index (χ1) is 8.02.